The molecule has 2 rings (SSSR count). The van der Waals surface area contributed by atoms with Crippen molar-refractivity contribution in [1.82, 2.24) is 4.89 Å². The molecule has 33 heavy (non-hydrogen) atoms. The Hall–Kier alpha value is -2.26. The quantitative estimate of drug-likeness (QED) is 0.189. The average molecular weight is 497 g/mol. The first-order valence-corrected chi connectivity index (χ1v) is 12.2. The summed E-state index contributed by atoms with van der Waals surface area (Å²) in [5, 5.41) is 7.01. The number of ether oxygens (including phenoxy) is 1. The van der Waals surface area contributed by atoms with Crippen molar-refractivity contribution in [2.75, 3.05) is 0 Å². The molecule has 0 aliphatic carbocycles. The average Bonchev–Trinajstić information content (AvgIpc) is 2.73. The van der Waals surface area contributed by atoms with Gasteiger partial charge in [0.25, 0.3) is 0 Å². The summed E-state index contributed by atoms with van der Waals surface area (Å²) in [6.45, 7) is 7.22. The molecule has 2 aromatic rings. The number of hydrogen-bond donors (Lipinski definition) is 2. The zero-order chi connectivity index (χ0) is 23.8. The van der Waals surface area contributed by atoms with Crippen LogP contribution in [0.1, 0.15) is 69.8 Å². The largest absolute Gasteiger partial charge is 0.427 e. The third kappa shape index (κ3) is 9.63. The van der Waals surface area contributed by atoms with Gasteiger partial charge in [0.2, 0.25) is 10.0 Å². The minimum Gasteiger partial charge on any atom is -0.427 e. The maximum absolute atomic E-state index is 12.9. The lowest BCUT2D eigenvalue weighted by atomic mass is 10.1. The summed E-state index contributed by atoms with van der Waals surface area (Å²) < 4.78 is 31.2. The Morgan fingerprint density at radius 1 is 1.03 bits per heavy atom. The summed E-state index contributed by atoms with van der Waals surface area (Å²) in [5.74, 6) is -0.175. The molecule has 1 unspecified atom stereocenters. The van der Waals surface area contributed by atoms with Crippen molar-refractivity contribution in [3.63, 3.8) is 0 Å². The molecule has 182 valence electrons. The fraction of sp³-hybridized carbons (Fsp3) is 0.417. The van der Waals surface area contributed by atoms with E-state index in [2.05, 4.69) is 4.89 Å². The number of hydrogen-bond acceptors (Lipinski definition) is 6. The molecule has 0 fully saturated rings. The maximum Gasteiger partial charge on any atom is 0.311 e. The number of carbonyl (C=O) groups excluding carboxylic acids is 1. The van der Waals surface area contributed by atoms with Gasteiger partial charge in [0, 0.05) is 12.1 Å². The molecule has 1 atom stereocenters. The fourth-order valence-electron chi connectivity index (χ4n) is 2.96. The molecule has 9 heteroatoms. The van der Waals surface area contributed by atoms with Gasteiger partial charge in [-0.25, -0.2) is 8.42 Å². The van der Waals surface area contributed by atoms with Gasteiger partial charge in [0.05, 0.1) is 5.60 Å². The SMILES string of the molecule is CCCC(=N)c1ccc(OC(=O)CCC(c2ccccc2)S(=O)(=O)NOC(C)(C)C)cc1.Cl. The van der Waals surface area contributed by atoms with Crippen molar-refractivity contribution in [2.45, 2.75) is 64.2 Å². The van der Waals surface area contributed by atoms with E-state index in [1.165, 1.54) is 0 Å². The predicted molar refractivity (Wildman–Crippen MR) is 132 cm³/mol. The first-order valence-electron chi connectivity index (χ1n) is 10.6. The molecule has 0 spiro atoms. The number of rotatable bonds is 11. The van der Waals surface area contributed by atoms with Gasteiger partial charge in [0.15, 0.2) is 0 Å². The molecule has 0 saturated heterocycles. The Morgan fingerprint density at radius 3 is 2.18 bits per heavy atom. The Labute approximate surface area is 202 Å². The third-order valence-corrected chi connectivity index (χ3v) is 6.13. The lowest BCUT2D eigenvalue weighted by Crippen LogP contribution is -2.36. The van der Waals surface area contributed by atoms with Crippen LogP contribution in [0.3, 0.4) is 0 Å². The summed E-state index contributed by atoms with van der Waals surface area (Å²) in [6, 6.07) is 15.5. The molecule has 0 radical (unpaired) electrons. The van der Waals surface area contributed by atoms with E-state index in [0.717, 1.165) is 12.0 Å². The first kappa shape index (κ1) is 28.8. The van der Waals surface area contributed by atoms with Crippen LogP contribution in [0.5, 0.6) is 5.75 Å². The summed E-state index contributed by atoms with van der Waals surface area (Å²) >= 11 is 0. The molecule has 0 aliphatic rings. The van der Waals surface area contributed by atoms with Crippen molar-refractivity contribution >= 4 is 34.1 Å². The lowest BCUT2D eigenvalue weighted by Gasteiger charge is -2.23. The second-order valence-corrected chi connectivity index (χ2v) is 10.3. The molecular formula is C24H33ClN2O5S. The van der Waals surface area contributed by atoms with Crippen molar-refractivity contribution in [1.29, 1.82) is 5.41 Å². The van der Waals surface area contributed by atoms with Crippen LogP contribution in [-0.4, -0.2) is 25.7 Å². The van der Waals surface area contributed by atoms with Crippen molar-refractivity contribution in [3.8, 4) is 5.75 Å². The van der Waals surface area contributed by atoms with Crippen LogP contribution in [0.4, 0.5) is 0 Å². The molecule has 0 amide bonds. The van der Waals surface area contributed by atoms with Gasteiger partial charge >= 0.3 is 5.97 Å². The number of halogens is 1. The van der Waals surface area contributed by atoms with Gasteiger partial charge in [-0.2, -0.15) is 0 Å². The van der Waals surface area contributed by atoms with Gasteiger partial charge < -0.3 is 10.1 Å². The number of sulfonamides is 1. The normalized spacial score (nSPS) is 12.5. The van der Waals surface area contributed by atoms with E-state index in [9.17, 15) is 13.2 Å². The second-order valence-electron chi connectivity index (χ2n) is 8.51. The highest BCUT2D eigenvalue weighted by molar-refractivity contribution is 7.89. The van der Waals surface area contributed by atoms with Crippen LogP contribution in [0.15, 0.2) is 54.6 Å². The second kappa shape index (κ2) is 12.8. The van der Waals surface area contributed by atoms with Crippen molar-refractivity contribution in [2.24, 2.45) is 0 Å². The Bertz CT molecular complexity index is 1000. The summed E-state index contributed by atoms with van der Waals surface area (Å²) in [6.07, 6.45) is 1.51. The third-order valence-electron chi connectivity index (χ3n) is 4.56. The van der Waals surface area contributed by atoms with Crippen LogP contribution < -0.4 is 9.62 Å². The van der Waals surface area contributed by atoms with E-state index in [1.54, 1.807) is 75.4 Å². The van der Waals surface area contributed by atoms with E-state index < -0.39 is 26.8 Å². The molecule has 0 bridgehead atoms. The number of esters is 1. The highest BCUT2D eigenvalue weighted by Crippen LogP contribution is 2.28. The molecule has 0 aromatic heterocycles. The Balaban J connectivity index is 0.00000544. The van der Waals surface area contributed by atoms with Gasteiger partial charge in [0.1, 0.15) is 11.0 Å². The Kier molecular flexibility index (Phi) is 11.2. The van der Waals surface area contributed by atoms with E-state index in [0.29, 0.717) is 23.4 Å². The predicted octanol–water partition coefficient (Wildman–Crippen LogP) is 5.35. The van der Waals surface area contributed by atoms with E-state index >= 15 is 0 Å². The monoisotopic (exact) mass is 496 g/mol. The van der Waals surface area contributed by atoms with E-state index in [4.69, 9.17) is 15.0 Å². The van der Waals surface area contributed by atoms with E-state index in [1.807, 2.05) is 6.92 Å². The summed E-state index contributed by atoms with van der Waals surface area (Å²) in [4.78, 5) is 19.9. The molecule has 2 aromatic carbocycles. The highest BCUT2D eigenvalue weighted by Gasteiger charge is 2.30. The van der Waals surface area contributed by atoms with Crippen LogP contribution in [0.25, 0.3) is 0 Å². The summed E-state index contributed by atoms with van der Waals surface area (Å²) in [7, 11) is -3.90. The lowest BCUT2D eigenvalue weighted by molar-refractivity contribution is -0.134. The standard InChI is InChI=1S/C24H32N2O5S.ClH/c1-5-9-21(25)18-12-14-20(15-13-18)30-23(27)17-16-22(19-10-7-6-8-11-19)32(28,29)26-31-24(2,3)4;/h6-8,10-15,22,25-26H,5,9,16-17H2,1-4H3;1H. The van der Waals surface area contributed by atoms with Crippen molar-refractivity contribution in [3.05, 3.63) is 65.7 Å². The molecule has 0 saturated carbocycles. The number of nitrogens with one attached hydrogen (secondary N) is 2. The molecule has 0 aliphatic heterocycles. The molecule has 0 heterocycles. The van der Waals surface area contributed by atoms with Crippen molar-refractivity contribution < 1.29 is 22.8 Å². The zero-order valence-electron chi connectivity index (χ0n) is 19.5. The minimum absolute atomic E-state index is 0. The zero-order valence-corrected chi connectivity index (χ0v) is 21.1. The van der Waals surface area contributed by atoms with Crippen LogP contribution in [0, 0.1) is 5.41 Å². The van der Waals surface area contributed by atoms with E-state index in [-0.39, 0.29) is 25.2 Å². The van der Waals surface area contributed by atoms with Gasteiger partial charge in [-0.05, 0) is 69.0 Å². The topological polar surface area (TPSA) is 106 Å². The van der Waals surface area contributed by atoms with Crippen LogP contribution in [0.2, 0.25) is 0 Å². The van der Waals surface area contributed by atoms with Gasteiger partial charge in [-0.15, -0.1) is 12.4 Å². The fourth-order valence-corrected chi connectivity index (χ4v) is 4.39. The number of carbonyl (C=O) groups is 1. The maximum atomic E-state index is 12.9. The molecular weight excluding hydrogens is 464 g/mol. The van der Waals surface area contributed by atoms with Crippen LogP contribution in [-0.2, 0) is 19.7 Å². The molecule has 7 nitrogen and oxygen atoms in total. The Morgan fingerprint density at radius 2 is 1.64 bits per heavy atom. The minimum atomic E-state index is -3.90. The summed E-state index contributed by atoms with van der Waals surface area (Å²) in [5.41, 5.74) is 1.18. The molecule has 2 N–H and O–H groups in total. The smallest absolute Gasteiger partial charge is 0.311 e. The first-order chi connectivity index (χ1) is 15.0. The number of benzene rings is 2. The van der Waals surface area contributed by atoms with Crippen LogP contribution >= 0.6 is 12.4 Å². The van der Waals surface area contributed by atoms with Gasteiger partial charge in [-0.3, -0.25) is 9.63 Å². The van der Waals surface area contributed by atoms with Gasteiger partial charge in [-0.1, -0.05) is 48.6 Å². The highest BCUT2D eigenvalue weighted by atomic mass is 35.5.